The normalized spacial score (nSPS) is 13.5. The number of amides is 1. The molecule has 26 heavy (non-hydrogen) atoms. The number of anilines is 2. The monoisotopic (exact) mass is 376 g/mol. The molecule has 2 aromatic carbocycles. The van der Waals surface area contributed by atoms with Gasteiger partial charge in [-0.2, -0.15) is 0 Å². The van der Waals surface area contributed by atoms with Crippen LogP contribution in [0.15, 0.2) is 42.5 Å². The Balaban J connectivity index is 1.81. The van der Waals surface area contributed by atoms with E-state index in [1.165, 1.54) is 28.6 Å². The van der Waals surface area contributed by atoms with Gasteiger partial charge in [0.2, 0.25) is 10.0 Å². The van der Waals surface area contributed by atoms with E-state index < -0.39 is 15.8 Å². The molecule has 0 fully saturated rings. The van der Waals surface area contributed by atoms with E-state index in [0.29, 0.717) is 36.3 Å². The van der Waals surface area contributed by atoms with Gasteiger partial charge in [0, 0.05) is 17.8 Å². The first-order valence-corrected chi connectivity index (χ1v) is 10.2. The second-order valence-corrected chi connectivity index (χ2v) is 8.31. The lowest BCUT2D eigenvalue weighted by Crippen LogP contribution is -2.31. The Labute approximate surface area is 152 Å². The van der Waals surface area contributed by atoms with Crippen LogP contribution in [0.3, 0.4) is 0 Å². The zero-order valence-corrected chi connectivity index (χ0v) is 15.4. The molecule has 0 saturated carbocycles. The number of hydrogen-bond donors (Lipinski definition) is 1. The van der Waals surface area contributed by atoms with Crippen LogP contribution in [0.5, 0.6) is 0 Å². The topological polar surface area (TPSA) is 66.5 Å². The van der Waals surface area contributed by atoms with Gasteiger partial charge in [-0.3, -0.25) is 9.10 Å². The number of nitrogens with one attached hydrogen (secondary N) is 1. The minimum absolute atomic E-state index is 0.120. The molecule has 7 heteroatoms. The van der Waals surface area contributed by atoms with E-state index in [0.717, 1.165) is 12.0 Å². The molecule has 0 spiro atoms. The zero-order valence-electron chi connectivity index (χ0n) is 14.5. The number of nitrogens with zero attached hydrogens (tertiary/aromatic N) is 1. The maximum atomic E-state index is 13.0. The first-order chi connectivity index (χ1) is 12.4. The van der Waals surface area contributed by atoms with Crippen molar-refractivity contribution in [3.8, 4) is 0 Å². The maximum absolute atomic E-state index is 13.0. The predicted molar refractivity (Wildman–Crippen MR) is 101 cm³/mol. The van der Waals surface area contributed by atoms with Gasteiger partial charge in [0.1, 0.15) is 5.82 Å². The lowest BCUT2D eigenvalue weighted by Gasteiger charge is -2.20. The number of carbonyl (C=O) groups excluding carboxylic acids is 1. The highest BCUT2D eigenvalue weighted by Gasteiger charge is 2.29. The van der Waals surface area contributed by atoms with Gasteiger partial charge in [-0.15, -0.1) is 0 Å². The minimum atomic E-state index is -3.36. The number of sulfonamides is 1. The Morgan fingerprint density at radius 1 is 1.19 bits per heavy atom. The smallest absolute Gasteiger partial charge is 0.255 e. The molecule has 0 aromatic heterocycles. The summed E-state index contributed by atoms with van der Waals surface area (Å²) in [6.45, 7) is 2.38. The van der Waals surface area contributed by atoms with Crippen molar-refractivity contribution in [3.05, 3.63) is 59.4 Å². The molecule has 2 aromatic rings. The first-order valence-electron chi connectivity index (χ1n) is 8.61. The molecule has 1 heterocycles. The van der Waals surface area contributed by atoms with Crippen LogP contribution in [-0.2, 0) is 16.4 Å². The summed E-state index contributed by atoms with van der Waals surface area (Å²) in [7, 11) is -3.36. The molecule has 1 aliphatic rings. The standard InChI is InChI=1S/C19H21FN2O3S/c1-2-3-12-26(24,25)22-11-10-14-6-9-17(13-18(14)22)21-19(23)15-4-7-16(20)8-5-15/h4-9,13H,2-3,10-12H2,1H3,(H,21,23). The second kappa shape index (κ2) is 7.45. The summed E-state index contributed by atoms with van der Waals surface area (Å²) in [4.78, 5) is 12.3. The van der Waals surface area contributed by atoms with Gasteiger partial charge in [0.25, 0.3) is 5.91 Å². The Morgan fingerprint density at radius 2 is 1.92 bits per heavy atom. The Kier molecular flexibility index (Phi) is 5.27. The van der Waals surface area contributed by atoms with Gasteiger partial charge < -0.3 is 5.32 Å². The largest absolute Gasteiger partial charge is 0.322 e. The van der Waals surface area contributed by atoms with Crippen LogP contribution in [0.4, 0.5) is 15.8 Å². The minimum Gasteiger partial charge on any atom is -0.322 e. The number of rotatable bonds is 6. The van der Waals surface area contributed by atoms with Crippen LogP contribution in [0.2, 0.25) is 0 Å². The van der Waals surface area contributed by atoms with Gasteiger partial charge >= 0.3 is 0 Å². The highest BCUT2D eigenvalue weighted by Crippen LogP contribution is 2.33. The van der Waals surface area contributed by atoms with Gasteiger partial charge in [-0.1, -0.05) is 19.4 Å². The Morgan fingerprint density at radius 3 is 2.62 bits per heavy atom. The van der Waals surface area contributed by atoms with Gasteiger partial charge in [-0.25, -0.2) is 12.8 Å². The van der Waals surface area contributed by atoms with Crippen molar-refractivity contribution < 1.29 is 17.6 Å². The molecule has 1 aliphatic heterocycles. The molecule has 3 rings (SSSR count). The van der Waals surface area contributed by atoms with Crippen molar-refractivity contribution in [2.75, 3.05) is 21.9 Å². The summed E-state index contributed by atoms with van der Waals surface area (Å²) in [5.41, 5.74) is 2.41. The van der Waals surface area contributed by atoms with E-state index in [9.17, 15) is 17.6 Å². The highest BCUT2D eigenvalue weighted by molar-refractivity contribution is 7.92. The Bertz CT molecular complexity index is 911. The second-order valence-electron chi connectivity index (χ2n) is 6.30. The number of halogens is 1. The Hall–Kier alpha value is -2.41. The summed E-state index contributed by atoms with van der Waals surface area (Å²) in [5.74, 6) is -0.662. The summed E-state index contributed by atoms with van der Waals surface area (Å²) in [5, 5.41) is 2.74. The molecule has 0 bridgehead atoms. The molecular weight excluding hydrogens is 355 g/mol. The van der Waals surface area contributed by atoms with Crippen molar-refractivity contribution >= 4 is 27.3 Å². The molecule has 5 nitrogen and oxygen atoms in total. The average Bonchev–Trinajstić information content (AvgIpc) is 3.04. The van der Waals surface area contributed by atoms with Crippen LogP contribution in [0.25, 0.3) is 0 Å². The summed E-state index contributed by atoms with van der Waals surface area (Å²) < 4.78 is 39.5. The fourth-order valence-electron chi connectivity index (χ4n) is 2.96. The third-order valence-electron chi connectivity index (χ3n) is 4.39. The van der Waals surface area contributed by atoms with Crippen LogP contribution in [0, 0.1) is 5.82 Å². The summed E-state index contributed by atoms with van der Waals surface area (Å²) in [6.07, 6.45) is 2.09. The summed E-state index contributed by atoms with van der Waals surface area (Å²) in [6, 6.07) is 10.5. The molecule has 0 aliphatic carbocycles. The molecule has 1 amide bonds. The molecule has 0 radical (unpaired) electrons. The van der Waals surface area contributed by atoms with Gasteiger partial charge in [-0.05, 0) is 54.8 Å². The van der Waals surface area contributed by atoms with E-state index in [2.05, 4.69) is 5.32 Å². The van der Waals surface area contributed by atoms with Crippen LogP contribution >= 0.6 is 0 Å². The fourth-order valence-corrected chi connectivity index (χ4v) is 4.67. The van der Waals surface area contributed by atoms with Crippen molar-refractivity contribution in [3.63, 3.8) is 0 Å². The number of unbranched alkanes of at least 4 members (excludes halogenated alkanes) is 1. The van der Waals surface area contributed by atoms with Crippen molar-refractivity contribution in [1.29, 1.82) is 0 Å². The third-order valence-corrected chi connectivity index (χ3v) is 6.25. The highest BCUT2D eigenvalue weighted by atomic mass is 32.2. The van der Waals surface area contributed by atoms with Crippen molar-refractivity contribution in [2.24, 2.45) is 0 Å². The predicted octanol–water partition coefficient (Wildman–Crippen LogP) is 3.57. The molecule has 0 unspecified atom stereocenters. The van der Waals surface area contributed by atoms with E-state index in [1.54, 1.807) is 12.1 Å². The molecule has 1 N–H and O–H groups in total. The fraction of sp³-hybridized carbons (Fsp3) is 0.316. The molecular formula is C19H21FN2O3S. The van der Waals surface area contributed by atoms with E-state index >= 15 is 0 Å². The first kappa shape index (κ1) is 18.4. The zero-order chi connectivity index (χ0) is 18.7. The van der Waals surface area contributed by atoms with Gasteiger partial charge in [0.05, 0.1) is 11.4 Å². The lowest BCUT2D eigenvalue weighted by atomic mass is 10.1. The van der Waals surface area contributed by atoms with Crippen LogP contribution in [-0.4, -0.2) is 26.6 Å². The molecule has 0 atom stereocenters. The number of carbonyl (C=O) groups is 1. The molecule has 138 valence electrons. The molecule has 0 saturated heterocycles. The number of hydrogen-bond acceptors (Lipinski definition) is 3. The third kappa shape index (κ3) is 3.88. The lowest BCUT2D eigenvalue weighted by molar-refractivity contribution is 0.102. The van der Waals surface area contributed by atoms with Crippen molar-refractivity contribution in [1.82, 2.24) is 0 Å². The van der Waals surface area contributed by atoms with Crippen LogP contribution in [0.1, 0.15) is 35.7 Å². The number of fused-ring (bicyclic) bond motifs is 1. The van der Waals surface area contributed by atoms with Crippen molar-refractivity contribution in [2.45, 2.75) is 26.2 Å². The van der Waals surface area contributed by atoms with Crippen LogP contribution < -0.4 is 9.62 Å². The average molecular weight is 376 g/mol. The van der Waals surface area contributed by atoms with E-state index in [1.807, 2.05) is 13.0 Å². The van der Waals surface area contributed by atoms with E-state index in [-0.39, 0.29) is 11.7 Å². The maximum Gasteiger partial charge on any atom is 0.255 e. The van der Waals surface area contributed by atoms with Gasteiger partial charge in [0.15, 0.2) is 0 Å². The van der Waals surface area contributed by atoms with E-state index in [4.69, 9.17) is 0 Å². The number of benzene rings is 2. The quantitative estimate of drug-likeness (QED) is 0.838. The summed E-state index contributed by atoms with van der Waals surface area (Å²) >= 11 is 0. The SMILES string of the molecule is CCCCS(=O)(=O)N1CCc2ccc(NC(=O)c3ccc(F)cc3)cc21.